The van der Waals surface area contributed by atoms with Gasteiger partial charge in [-0.1, -0.05) is 12.1 Å². The largest absolute Gasteiger partial charge is 0.380 e. The Kier molecular flexibility index (Phi) is 4.44. The van der Waals surface area contributed by atoms with Crippen LogP contribution in [0, 0.1) is 5.82 Å². The van der Waals surface area contributed by atoms with Gasteiger partial charge in [-0.25, -0.2) is 4.39 Å². The molecule has 1 fully saturated rings. The Hall–Kier alpha value is -1.26. The van der Waals surface area contributed by atoms with E-state index in [1.807, 2.05) is 0 Å². The van der Waals surface area contributed by atoms with Crippen LogP contribution in [0.25, 0.3) is 0 Å². The molecule has 1 saturated heterocycles. The van der Waals surface area contributed by atoms with Crippen molar-refractivity contribution < 1.29 is 13.9 Å². The molecule has 1 atom stereocenters. The fourth-order valence-electron chi connectivity index (χ4n) is 2.31. The number of ether oxygens (including phenoxy) is 1. The van der Waals surface area contributed by atoms with Gasteiger partial charge in [0.1, 0.15) is 5.82 Å². The average molecular weight is 251 g/mol. The maximum Gasteiger partial charge on any atom is 0.176 e. The van der Waals surface area contributed by atoms with Crippen LogP contribution in [0.3, 0.4) is 0 Å². The van der Waals surface area contributed by atoms with Crippen LogP contribution in [0.5, 0.6) is 0 Å². The van der Waals surface area contributed by atoms with Crippen molar-refractivity contribution in [2.24, 2.45) is 0 Å². The molecule has 18 heavy (non-hydrogen) atoms. The number of carbonyl (C=O) groups is 1. The zero-order valence-corrected chi connectivity index (χ0v) is 10.6. The van der Waals surface area contributed by atoms with Gasteiger partial charge >= 0.3 is 0 Å². The number of carbonyl (C=O) groups excluding carboxylic acids is 1. The third-order valence-corrected chi connectivity index (χ3v) is 3.31. The van der Waals surface area contributed by atoms with Gasteiger partial charge in [-0.15, -0.1) is 0 Å². The quantitative estimate of drug-likeness (QED) is 0.768. The normalized spacial score (nSPS) is 20.9. The molecule has 1 unspecified atom stereocenters. The summed E-state index contributed by atoms with van der Waals surface area (Å²) in [7, 11) is 1.70. The Labute approximate surface area is 107 Å². The van der Waals surface area contributed by atoms with E-state index in [1.165, 1.54) is 12.1 Å². The molecule has 1 heterocycles. The van der Waals surface area contributed by atoms with Crippen LogP contribution in [0.1, 0.15) is 23.2 Å². The Morgan fingerprint density at radius 2 is 2.39 bits per heavy atom. The number of Topliss-reactive ketones (excluding diaryl/α,β-unsaturated/α-hetero) is 1. The monoisotopic (exact) mass is 251 g/mol. The third-order valence-electron chi connectivity index (χ3n) is 3.31. The second-order valence-electron chi connectivity index (χ2n) is 4.67. The number of ketones is 1. The Bertz CT molecular complexity index is 422. The lowest BCUT2D eigenvalue weighted by Gasteiger charge is -2.31. The molecule has 1 aliphatic heterocycles. The molecule has 1 aromatic rings. The van der Waals surface area contributed by atoms with E-state index in [-0.39, 0.29) is 17.7 Å². The second kappa shape index (κ2) is 6.07. The highest BCUT2D eigenvalue weighted by Gasteiger charge is 2.21. The predicted molar refractivity (Wildman–Crippen MR) is 67.2 cm³/mol. The number of halogens is 1. The minimum atomic E-state index is -0.366. The van der Waals surface area contributed by atoms with E-state index in [1.54, 1.807) is 19.2 Å². The lowest BCUT2D eigenvalue weighted by Crippen LogP contribution is -2.41. The highest BCUT2D eigenvalue weighted by Crippen LogP contribution is 2.13. The van der Waals surface area contributed by atoms with E-state index in [0.29, 0.717) is 12.1 Å². The molecular formula is C14H18FNO2. The number of hydrogen-bond donors (Lipinski definition) is 0. The minimum absolute atomic E-state index is 0.0359. The van der Waals surface area contributed by atoms with Crippen LogP contribution >= 0.6 is 0 Å². The SMILES string of the molecule is COC1CCCN(CC(=O)c2cccc(F)c2)C1. The molecule has 0 saturated carbocycles. The Balaban J connectivity index is 1.95. The first kappa shape index (κ1) is 13.2. The highest BCUT2D eigenvalue weighted by atomic mass is 19.1. The fraction of sp³-hybridized carbons (Fsp3) is 0.500. The molecule has 0 radical (unpaired) electrons. The molecule has 0 bridgehead atoms. The number of piperidine rings is 1. The molecule has 1 aromatic carbocycles. The van der Waals surface area contributed by atoms with E-state index >= 15 is 0 Å². The highest BCUT2D eigenvalue weighted by molar-refractivity contribution is 5.97. The summed E-state index contributed by atoms with van der Waals surface area (Å²) in [6.45, 7) is 2.02. The molecule has 2 rings (SSSR count). The van der Waals surface area contributed by atoms with E-state index in [2.05, 4.69) is 4.90 Å². The molecular weight excluding hydrogens is 233 g/mol. The van der Waals surface area contributed by atoms with Crippen LogP contribution in [-0.2, 0) is 4.74 Å². The zero-order valence-electron chi connectivity index (χ0n) is 10.6. The van der Waals surface area contributed by atoms with Crippen LogP contribution in [-0.4, -0.2) is 43.5 Å². The number of hydrogen-bond acceptors (Lipinski definition) is 3. The van der Waals surface area contributed by atoms with E-state index in [4.69, 9.17) is 4.74 Å². The molecule has 0 N–H and O–H groups in total. The summed E-state index contributed by atoms with van der Waals surface area (Å²) >= 11 is 0. The first-order valence-electron chi connectivity index (χ1n) is 6.23. The Morgan fingerprint density at radius 1 is 1.56 bits per heavy atom. The molecule has 4 heteroatoms. The van der Waals surface area contributed by atoms with Crippen LogP contribution in [0.15, 0.2) is 24.3 Å². The summed E-state index contributed by atoms with van der Waals surface area (Å²) in [6, 6.07) is 5.86. The molecule has 0 aromatic heterocycles. The van der Waals surface area contributed by atoms with Gasteiger partial charge < -0.3 is 4.74 Å². The van der Waals surface area contributed by atoms with Gasteiger partial charge in [-0.2, -0.15) is 0 Å². The van der Waals surface area contributed by atoms with E-state index in [0.717, 1.165) is 25.9 Å². The third kappa shape index (κ3) is 3.37. The molecule has 0 spiro atoms. The molecule has 3 nitrogen and oxygen atoms in total. The minimum Gasteiger partial charge on any atom is -0.380 e. The molecule has 0 aliphatic carbocycles. The standard InChI is InChI=1S/C14H18FNO2/c1-18-13-6-3-7-16(9-13)10-14(17)11-4-2-5-12(15)8-11/h2,4-5,8,13H,3,6-7,9-10H2,1H3. The number of benzene rings is 1. The molecule has 98 valence electrons. The summed E-state index contributed by atoms with van der Waals surface area (Å²) in [5.74, 6) is -0.402. The first-order chi connectivity index (χ1) is 8.69. The van der Waals surface area contributed by atoms with E-state index < -0.39 is 0 Å². The van der Waals surface area contributed by atoms with Crippen LogP contribution in [0.4, 0.5) is 4.39 Å². The van der Waals surface area contributed by atoms with Crippen molar-refractivity contribution in [3.8, 4) is 0 Å². The van der Waals surface area contributed by atoms with Crippen molar-refractivity contribution in [2.75, 3.05) is 26.7 Å². The number of rotatable bonds is 4. The summed E-state index contributed by atoms with van der Waals surface area (Å²) in [5, 5.41) is 0. The maximum atomic E-state index is 13.0. The van der Waals surface area contributed by atoms with Gasteiger partial charge in [-0.3, -0.25) is 9.69 Å². The van der Waals surface area contributed by atoms with Crippen molar-refractivity contribution >= 4 is 5.78 Å². The van der Waals surface area contributed by atoms with Gasteiger partial charge in [0.15, 0.2) is 5.78 Å². The summed E-state index contributed by atoms with van der Waals surface area (Å²) in [6.07, 6.45) is 2.29. The van der Waals surface area contributed by atoms with Crippen molar-refractivity contribution in [3.63, 3.8) is 0 Å². The van der Waals surface area contributed by atoms with Crippen molar-refractivity contribution in [3.05, 3.63) is 35.6 Å². The van der Waals surface area contributed by atoms with Gasteiger partial charge in [0, 0.05) is 19.2 Å². The number of likely N-dealkylation sites (tertiary alicyclic amines) is 1. The lowest BCUT2D eigenvalue weighted by atomic mass is 10.1. The van der Waals surface area contributed by atoms with Gasteiger partial charge in [0.2, 0.25) is 0 Å². The number of methoxy groups -OCH3 is 1. The fourth-order valence-corrected chi connectivity index (χ4v) is 2.31. The van der Waals surface area contributed by atoms with Gasteiger partial charge in [0.25, 0.3) is 0 Å². The summed E-state index contributed by atoms with van der Waals surface area (Å²) < 4.78 is 18.4. The second-order valence-corrected chi connectivity index (χ2v) is 4.67. The summed E-state index contributed by atoms with van der Waals surface area (Å²) in [4.78, 5) is 14.1. The van der Waals surface area contributed by atoms with E-state index in [9.17, 15) is 9.18 Å². The van der Waals surface area contributed by atoms with Crippen molar-refractivity contribution in [1.29, 1.82) is 0 Å². The molecule has 0 amide bonds. The Morgan fingerprint density at radius 3 is 3.11 bits per heavy atom. The molecule has 1 aliphatic rings. The predicted octanol–water partition coefficient (Wildman–Crippen LogP) is 2.12. The maximum absolute atomic E-state index is 13.0. The topological polar surface area (TPSA) is 29.5 Å². The van der Waals surface area contributed by atoms with Gasteiger partial charge in [0.05, 0.1) is 12.6 Å². The van der Waals surface area contributed by atoms with Crippen LogP contribution in [0.2, 0.25) is 0 Å². The smallest absolute Gasteiger partial charge is 0.176 e. The van der Waals surface area contributed by atoms with Crippen molar-refractivity contribution in [2.45, 2.75) is 18.9 Å². The van der Waals surface area contributed by atoms with Crippen LogP contribution < -0.4 is 0 Å². The average Bonchev–Trinajstić information content (AvgIpc) is 2.39. The van der Waals surface area contributed by atoms with Crippen molar-refractivity contribution in [1.82, 2.24) is 4.90 Å². The first-order valence-corrected chi connectivity index (χ1v) is 6.23. The lowest BCUT2D eigenvalue weighted by molar-refractivity contribution is 0.0314. The summed E-state index contributed by atoms with van der Waals surface area (Å²) in [5.41, 5.74) is 0.439. The zero-order chi connectivity index (χ0) is 13.0. The number of nitrogens with zero attached hydrogens (tertiary/aromatic N) is 1. The van der Waals surface area contributed by atoms with Gasteiger partial charge in [-0.05, 0) is 31.5 Å².